The number of benzene rings is 3. The first-order valence-corrected chi connectivity index (χ1v) is 11.4. The second-order valence-corrected chi connectivity index (χ2v) is 8.33. The van der Waals surface area contributed by atoms with Crippen LogP contribution in [-0.4, -0.2) is 42.7 Å². The number of nitrogens with zero attached hydrogens (tertiary/aromatic N) is 3. The topological polar surface area (TPSA) is 107 Å². The third-order valence-corrected chi connectivity index (χ3v) is 6.03. The van der Waals surface area contributed by atoms with Crippen molar-refractivity contribution in [3.05, 3.63) is 72.8 Å². The first-order chi connectivity index (χ1) is 17.5. The number of rotatable bonds is 7. The number of ether oxygens (including phenoxy) is 2. The normalized spacial score (nSPS) is 15.1. The lowest BCUT2D eigenvalue weighted by Gasteiger charge is -2.17. The highest BCUT2D eigenvalue weighted by Gasteiger charge is 2.35. The van der Waals surface area contributed by atoms with Crippen LogP contribution in [0.4, 0.5) is 11.4 Å². The third-order valence-electron chi connectivity index (χ3n) is 6.03. The molecule has 0 spiro atoms. The molecule has 4 aromatic rings. The van der Waals surface area contributed by atoms with Gasteiger partial charge in [-0.2, -0.15) is 4.98 Å². The maximum absolute atomic E-state index is 13.0. The van der Waals surface area contributed by atoms with Gasteiger partial charge in [-0.05, 0) is 66.7 Å². The number of nitrogens with one attached hydrogen (secondary N) is 1. The molecule has 1 fully saturated rings. The first kappa shape index (κ1) is 23.1. The van der Waals surface area contributed by atoms with Gasteiger partial charge in [0.1, 0.15) is 11.5 Å². The van der Waals surface area contributed by atoms with E-state index in [0.717, 1.165) is 17.0 Å². The van der Waals surface area contributed by atoms with Crippen LogP contribution in [0, 0.1) is 5.92 Å². The molecule has 1 aromatic heterocycles. The lowest BCUT2D eigenvalue weighted by Crippen LogP contribution is -2.28. The van der Waals surface area contributed by atoms with Crippen molar-refractivity contribution in [3.8, 4) is 34.3 Å². The van der Waals surface area contributed by atoms with Gasteiger partial charge in [0.2, 0.25) is 17.6 Å². The summed E-state index contributed by atoms with van der Waals surface area (Å²) in [6, 6.07) is 21.7. The van der Waals surface area contributed by atoms with Crippen molar-refractivity contribution in [2.75, 3.05) is 31.0 Å². The van der Waals surface area contributed by atoms with Gasteiger partial charge < -0.3 is 24.2 Å². The van der Waals surface area contributed by atoms with Gasteiger partial charge in [0, 0.05) is 35.5 Å². The number of carbonyl (C=O) groups excluding carboxylic acids is 2. The minimum absolute atomic E-state index is 0.0917. The molecule has 36 heavy (non-hydrogen) atoms. The van der Waals surface area contributed by atoms with Gasteiger partial charge in [-0.1, -0.05) is 11.2 Å². The zero-order valence-corrected chi connectivity index (χ0v) is 19.8. The summed E-state index contributed by atoms with van der Waals surface area (Å²) in [6.45, 7) is 0.311. The van der Waals surface area contributed by atoms with Crippen LogP contribution in [0.2, 0.25) is 0 Å². The summed E-state index contributed by atoms with van der Waals surface area (Å²) in [6.07, 6.45) is 0.145. The Balaban J connectivity index is 1.26. The minimum Gasteiger partial charge on any atom is -0.497 e. The highest BCUT2D eigenvalue weighted by atomic mass is 16.5. The van der Waals surface area contributed by atoms with Crippen molar-refractivity contribution in [1.82, 2.24) is 10.1 Å². The standard InChI is InChI=1S/C27H24N4O5/c1-34-22-10-6-17(7-11-22)25-29-27(36-30-25)18-4-3-5-20(14-18)28-26(33)19-15-24(32)31(16-19)21-8-12-23(35-2)13-9-21/h3-14,19H,15-16H2,1-2H3,(H,28,33)/t19-/m0/s1. The quantitative estimate of drug-likeness (QED) is 0.414. The summed E-state index contributed by atoms with van der Waals surface area (Å²) in [5, 5.41) is 6.98. The van der Waals surface area contributed by atoms with Crippen LogP contribution in [0.5, 0.6) is 11.5 Å². The smallest absolute Gasteiger partial charge is 0.258 e. The van der Waals surface area contributed by atoms with Crippen molar-refractivity contribution in [2.24, 2.45) is 5.92 Å². The number of aromatic nitrogens is 2. The van der Waals surface area contributed by atoms with Crippen LogP contribution in [-0.2, 0) is 9.59 Å². The number of hydrogen-bond acceptors (Lipinski definition) is 7. The number of methoxy groups -OCH3 is 2. The van der Waals surface area contributed by atoms with E-state index in [1.165, 1.54) is 0 Å². The van der Waals surface area contributed by atoms with Gasteiger partial charge >= 0.3 is 0 Å². The highest BCUT2D eigenvalue weighted by Crippen LogP contribution is 2.29. The van der Waals surface area contributed by atoms with E-state index in [1.54, 1.807) is 49.5 Å². The molecule has 1 N–H and O–H groups in total. The Labute approximate surface area is 207 Å². The molecule has 0 bridgehead atoms. The summed E-state index contributed by atoms with van der Waals surface area (Å²) in [5.74, 6) is 1.45. The fourth-order valence-corrected chi connectivity index (χ4v) is 4.07. The van der Waals surface area contributed by atoms with Crippen molar-refractivity contribution in [3.63, 3.8) is 0 Å². The fourth-order valence-electron chi connectivity index (χ4n) is 4.07. The molecule has 0 radical (unpaired) electrons. The summed E-state index contributed by atoms with van der Waals surface area (Å²) >= 11 is 0. The SMILES string of the molecule is COc1ccc(-c2noc(-c3cccc(NC(=O)[C@H]4CC(=O)N(c5ccc(OC)cc5)C4)c3)n2)cc1. The van der Waals surface area contributed by atoms with Crippen LogP contribution >= 0.6 is 0 Å². The summed E-state index contributed by atoms with van der Waals surface area (Å²) < 4.78 is 15.8. The van der Waals surface area contributed by atoms with Crippen molar-refractivity contribution in [2.45, 2.75) is 6.42 Å². The second-order valence-electron chi connectivity index (χ2n) is 8.33. The predicted molar refractivity (Wildman–Crippen MR) is 134 cm³/mol. The largest absolute Gasteiger partial charge is 0.497 e. The Morgan fingerprint density at radius 2 is 1.67 bits per heavy atom. The maximum atomic E-state index is 13.0. The van der Waals surface area contributed by atoms with Gasteiger partial charge in [-0.3, -0.25) is 9.59 Å². The van der Waals surface area contributed by atoms with Crippen LogP contribution in [0.3, 0.4) is 0 Å². The highest BCUT2D eigenvalue weighted by molar-refractivity contribution is 6.03. The summed E-state index contributed by atoms with van der Waals surface area (Å²) in [7, 11) is 3.19. The van der Waals surface area contributed by atoms with Crippen LogP contribution in [0.1, 0.15) is 6.42 Å². The maximum Gasteiger partial charge on any atom is 0.258 e. The zero-order valence-electron chi connectivity index (χ0n) is 19.8. The molecule has 9 nitrogen and oxygen atoms in total. The predicted octanol–water partition coefficient (Wildman–Crippen LogP) is 4.41. The molecule has 1 atom stereocenters. The Bertz CT molecular complexity index is 1380. The molecule has 0 unspecified atom stereocenters. The monoisotopic (exact) mass is 484 g/mol. The molecule has 2 heterocycles. The summed E-state index contributed by atoms with van der Waals surface area (Å²) in [5.41, 5.74) is 2.78. The first-order valence-electron chi connectivity index (χ1n) is 11.4. The van der Waals surface area contributed by atoms with E-state index in [1.807, 2.05) is 42.5 Å². The fraction of sp³-hybridized carbons (Fsp3) is 0.185. The molecule has 2 amide bonds. The van der Waals surface area contributed by atoms with Crippen molar-refractivity contribution >= 4 is 23.2 Å². The van der Waals surface area contributed by atoms with E-state index < -0.39 is 5.92 Å². The molecule has 5 rings (SSSR count). The van der Waals surface area contributed by atoms with Gasteiger partial charge in [0.15, 0.2) is 0 Å². The van der Waals surface area contributed by atoms with Gasteiger partial charge in [-0.15, -0.1) is 0 Å². The Kier molecular flexibility index (Phi) is 6.36. The molecule has 1 saturated heterocycles. The van der Waals surface area contributed by atoms with Gasteiger partial charge in [0.25, 0.3) is 5.89 Å². The van der Waals surface area contributed by atoms with E-state index in [9.17, 15) is 9.59 Å². The lowest BCUT2D eigenvalue weighted by molar-refractivity contribution is -0.122. The molecule has 0 aliphatic carbocycles. The lowest BCUT2D eigenvalue weighted by atomic mass is 10.1. The Hall–Kier alpha value is -4.66. The summed E-state index contributed by atoms with van der Waals surface area (Å²) in [4.78, 5) is 31.6. The molecule has 1 aliphatic rings. The van der Waals surface area contributed by atoms with Crippen molar-refractivity contribution in [1.29, 1.82) is 0 Å². The van der Waals surface area contributed by atoms with Crippen LogP contribution in [0.15, 0.2) is 77.3 Å². The van der Waals surface area contributed by atoms with Gasteiger partial charge in [0.05, 0.1) is 20.1 Å². The third kappa shape index (κ3) is 4.76. The van der Waals surface area contributed by atoms with Crippen LogP contribution in [0.25, 0.3) is 22.8 Å². The average Bonchev–Trinajstić information content (AvgIpc) is 3.56. The molecule has 0 saturated carbocycles. The molecule has 9 heteroatoms. The van der Waals surface area contributed by atoms with E-state index >= 15 is 0 Å². The van der Waals surface area contributed by atoms with E-state index in [-0.39, 0.29) is 18.2 Å². The number of carbonyl (C=O) groups is 2. The number of hydrogen-bond donors (Lipinski definition) is 1. The molecule has 182 valence electrons. The van der Waals surface area contributed by atoms with E-state index in [4.69, 9.17) is 14.0 Å². The Morgan fingerprint density at radius 1 is 0.972 bits per heavy atom. The Morgan fingerprint density at radius 3 is 2.36 bits per heavy atom. The molecule has 3 aromatic carbocycles. The minimum atomic E-state index is -0.465. The van der Waals surface area contributed by atoms with Crippen molar-refractivity contribution < 1.29 is 23.6 Å². The average molecular weight is 485 g/mol. The van der Waals surface area contributed by atoms with E-state index in [0.29, 0.717) is 35.3 Å². The molecular weight excluding hydrogens is 460 g/mol. The second kappa shape index (κ2) is 9.91. The number of amides is 2. The molecule has 1 aliphatic heterocycles. The van der Waals surface area contributed by atoms with E-state index in [2.05, 4.69) is 15.5 Å². The van der Waals surface area contributed by atoms with Crippen LogP contribution < -0.4 is 19.7 Å². The van der Waals surface area contributed by atoms with Gasteiger partial charge in [-0.25, -0.2) is 0 Å². The molecular formula is C27H24N4O5. The number of anilines is 2. The zero-order chi connectivity index (χ0) is 25.1.